The molecule has 2 heterocycles. The summed E-state index contributed by atoms with van der Waals surface area (Å²) in [7, 11) is -3.42. The first-order chi connectivity index (χ1) is 9.09. The van der Waals surface area contributed by atoms with Crippen molar-refractivity contribution < 1.29 is 8.42 Å². The van der Waals surface area contributed by atoms with E-state index >= 15 is 0 Å². The van der Waals surface area contributed by atoms with E-state index in [9.17, 15) is 8.42 Å². The van der Waals surface area contributed by atoms with Crippen LogP contribution in [0.3, 0.4) is 0 Å². The Labute approximate surface area is 125 Å². The largest absolute Gasteiger partial charge is 0.244 e. The lowest BCUT2D eigenvalue weighted by atomic mass is 10.1. The van der Waals surface area contributed by atoms with Crippen LogP contribution in [0.1, 0.15) is 10.4 Å². The van der Waals surface area contributed by atoms with Crippen LogP contribution in [-0.2, 0) is 23.0 Å². The van der Waals surface area contributed by atoms with Gasteiger partial charge in [0, 0.05) is 22.4 Å². The van der Waals surface area contributed by atoms with E-state index in [4.69, 9.17) is 0 Å². The molecule has 0 saturated heterocycles. The second kappa shape index (κ2) is 5.01. The SMILES string of the molecule is O=S(=O)(c1ccccc1Br)N1CCc2sccc2C1. The average molecular weight is 358 g/mol. The molecule has 0 fully saturated rings. The van der Waals surface area contributed by atoms with Gasteiger partial charge in [0.1, 0.15) is 0 Å². The summed E-state index contributed by atoms with van der Waals surface area (Å²) in [5.41, 5.74) is 1.13. The van der Waals surface area contributed by atoms with E-state index in [1.165, 1.54) is 4.88 Å². The molecule has 0 aliphatic carbocycles. The van der Waals surface area contributed by atoms with Crippen molar-refractivity contribution in [2.75, 3.05) is 6.54 Å². The molecule has 0 spiro atoms. The van der Waals surface area contributed by atoms with Crippen LogP contribution in [0, 0.1) is 0 Å². The van der Waals surface area contributed by atoms with Gasteiger partial charge in [-0.3, -0.25) is 0 Å². The predicted octanol–water partition coefficient (Wildman–Crippen LogP) is 3.26. The Bertz CT molecular complexity index is 709. The molecule has 1 aliphatic rings. The number of rotatable bonds is 2. The van der Waals surface area contributed by atoms with Gasteiger partial charge >= 0.3 is 0 Å². The van der Waals surface area contributed by atoms with Gasteiger partial charge in [0.25, 0.3) is 0 Å². The fraction of sp³-hybridized carbons (Fsp3) is 0.231. The fourth-order valence-electron chi connectivity index (χ4n) is 2.22. The Kier molecular flexibility index (Phi) is 3.51. The monoisotopic (exact) mass is 357 g/mol. The van der Waals surface area contributed by atoms with Gasteiger partial charge in [0.05, 0.1) is 4.90 Å². The third-order valence-corrected chi connectivity index (χ3v) is 7.11. The Morgan fingerprint density at radius 1 is 1.21 bits per heavy atom. The zero-order valence-corrected chi connectivity index (χ0v) is 13.3. The topological polar surface area (TPSA) is 37.4 Å². The molecule has 0 amide bonds. The van der Waals surface area contributed by atoms with Crippen molar-refractivity contribution in [3.8, 4) is 0 Å². The van der Waals surface area contributed by atoms with Crippen LogP contribution in [-0.4, -0.2) is 19.3 Å². The molecule has 0 unspecified atom stereocenters. The number of benzene rings is 1. The normalized spacial score (nSPS) is 16.3. The minimum atomic E-state index is -3.42. The first-order valence-electron chi connectivity index (χ1n) is 5.89. The number of nitrogens with zero attached hydrogens (tertiary/aromatic N) is 1. The highest BCUT2D eigenvalue weighted by Crippen LogP contribution is 2.30. The van der Waals surface area contributed by atoms with Crippen molar-refractivity contribution in [3.63, 3.8) is 0 Å². The van der Waals surface area contributed by atoms with E-state index in [1.807, 2.05) is 17.5 Å². The van der Waals surface area contributed by atoms with Gasteiger partial charge in [0.15, 0.2) is 0 Å². The van der Waals surface area contributed by atoms with Gasteiger partial charge in [-0.2, -0.15) is 4.31 Å². The highest BCUT2D eigenvalue weighted by Gasteiger charge is 2.29. The van der Waals surface area contributed by atoms with E-state index in [2.05, 4.69) is 15.9 Å². The van der Waals surface area contributed by atoms with Crippen LogP contribution in [0.2, 0.25) is 0 Å². The third kappa shape index (κ3) is 2.38. The molecule has 0 bridgehead atoms. The summed E-state index contributed by atoms with van der Waals surface area (Å²) in [5, 5.41) is 2.03. The summed E-state index contributed by atoms with van der Waals surface area (Å²) in [6, 6.07) is 8.98. The molecule has 0 N–H and O–H groups in total. The molecule has 3 nitrogen and oxygen atoms in total. The first-order valence-corrected chi connectivity index (χ1v) is 9.00. The van der Waals surface area contributed by atoms with Gasteiger partial charge in [-0.25, -0.2) is 8.42 Å². The summed E-state index contributed by atoms with van der Waals surface area (Å²) in [6.45, 7) is 1.03. The van der Waals surface area contributed by atoms with E-state index in [0.29, 0.717) is 22.5 Å². The van der Waals surface area contributed by atoms with Crippen LogP contribution in [0.5, 0.6) is 0 Å². The van der Waals surface area contributed by atoms with E-state index in [0.717, 1.165) is 12.0 Å². The smallest absolute Gasteiger partial charge is 0.207 e. The lowest BCUT2D eigenvalue weighted by Crippen LogP contribution is -2.35. The average Bonchev–Trinajstić information content (AvgIpc) is 2.86. The molecule has 2 aromatic rings. The van der Waals surface area contributed by atoms with Crippen LogP contribution >= 0.6 is 27.3 Å². The number of hydrogen-bond acceptors (Lipinski definition) is 3. The Morgan fingerprint density at radius 3 is 2.79 bits per heavy atom. The number of sulfonamides is 1. The van der Waals surface area contributed by atoms with Crippen LogP contribution in [0.15, 0.2) is 45.1 Å². The van der Waals surface area contributed by atoms with Crippen molar-refractivity contribution in [1.82, 2.24) is 4.31 Å². The summed E-state index contributed by atoms with van der Waals surface area (Å²) < 4.78 is 27.5. The van der Waals surface area contributed by atoms with Gasteiger partial charge in [-0.1, -0.05) is 12.1 Å². The molecule has 3 rings (SSSR count). The maximum atomic E-state index is 12.6. The summed E-state index contributed by atoms with van der Waals surface area (Å²) >= 11 is 5.03. The molecule has 1 aromatic carbocycles. The summed E-state index contributed by atoms with van der Waals surface area (Å²) in [6.07, 6.45) is 0.802. The van der Waals surface area contributed by atoms with Crippen LogP contribution < -0.4 is 0 Å². The Hall–Kier alpha value is -0.690. The van der Waals surface area contributed by atoms with E-state index < -0.39 is 10.0 Å². The lowest BCUT2D eigenvalue weighted by molar-refractivity contribution is 0.394. The number of halogens is 1. The van der Waals surface area contributed by atoms with Gasteiger partial charge in [-0.15, -0.1) is 11.3 Å². The van der Waals surface area contributed by atoms with Crippen molar-refractivity contribution >= 4 is 37.3 Å². The molecule has 0 atom stereocenters. The second-order valence-electron chi connectivity index (χ2n) is 4.39. The molecule has 19 heavy (non-hydrogen) atoms. The molecule has 0 saturated carbocycles. The quantitative estimate of drug-likeness (QED) is 0.827. The molecular weight excluding hydrogens is 346 g/mol. The number of hydrogen-bond donors (Lipinski definition) is 0. The first kappa shape index (κ1) is 13.3. The minimum absolute atomic E-state index is 0.341. The van der Waals surface area contributed by atoms with Crippen molar-refractivity contribution in [1.29, 1.82) is 0 Å². The van der Waals surface area contributed by atoms with E-state index in [-0.39, 0.29) is 0 Å². The van der Waals surface area contributed by atoms with Crippen LogP contribution in [0.4, 0.5) is 0 Å². The molecule has 1 aromatic heterocycles. The standard InChI is InChI=1S/C13H12BrNO2S2/c14-11-3-1-2-4-13(11)19(16,17)15-7-5-12-10(9-15)6-8-18-12/h1-4,6,8H,5,7,9H2. The Balaban J connectivity index is 1.97. The van der Waals surface area contributed by atoms with E-state index in [1.54, 1.807) is 33.8 Å². The minimum Gasteiger partial charge on any atom is -0.207 e. The fourth-order valence-corrected chi connectivity index (χ4v) is 5.49. The van der Waals surface area contributed by atoms with Crippen molar-refractivity contribution in [2.45, 2.75) is 17.9 Å². The maximum absolute atomic E-state index is 12.6. The summed E-state index contributed by atoms with van der Waals surface area (Å²) in [5.74, 6) is 0. The zero-order valence-electron chi connectivity index (χ0n) is 10.0. The lowest BCUT2D eigenvalue weighted by Gasteiger charge is -2.26. The second-order valence-corrected chi connectivity index (χ2v) is 8.15. The highest BCUT2D eigenvalue weighted by atomic mass is 79.9. The summed E-state index contributed by atoms with van der Waals surface area (Å²) in [4.78, 5) is 1.65. The molecule has 100 valence electrons. The molecule has 1 aliphatic heterocycles. The highest BCUT2D eigenvalue weighted by molar-refractivity contribution is 9.10. The number of thiophene rings is 1. The Morgan fingerprint density at radius 2 is 2.00 bits per heavy atom. The van der Waals surface area contributed by atoms with Gasteiger partial charge < -0.3 is 0 Å². The van der Waals surface area contributed by atoms with Crippen molar-refractivity contribution in [2.24, 2.45) is 0 Å². The van der Waals surface area contributed by atoms with Gasteiger partial charge in [-0.05, 0) is 51.5 Å². The molecular formula is C13H12BrNO2S2. The third-order valence-electron chi connectivity index (χ3n) is 3.23. The van der Waals surface area contributed by atoms with Gasteiger partial charge in [0.2, 0.25) is 10.0 Å². The predicted molar refractivity (Wildman–Crippen MR) is 79.8 cm³/mol. The number of fused-ring (bicyclic) bond motifs is 1. The van der Waals surface area contributed by atoms with Crippen LogP contribution in [0.25, 0.3) is 0 Å². The van der Waals surface area contributed by atoms with Crippen molar-refractivity contribution in [3.05, 3.63) is 50.6 Å². The maximum Gasteiger partial charge on any atom is 0.244 e. The molecule has 0 radical (unpaired) electrons. The molecule has 6 heteroatoms. The zero-order chi connectivity index (χ0) is 13.5.